The number of carbonyl (C=O) groups is 1. The van der Waals surface area contributed by atoms with Crippen LogP contribution in [0.2, 0.25) is 0 Å². The SMILES string of the molecule is NC1=NC(=O)CN1S. The standard InChI is InChI=1S/C3H5N3OS/c4-3-5-2(7)1-6(3)8/h8H,1H2,(H2,4,5,7). The summed E-state index contributed by atoms with van der Waals surface area (Å²) in [6, 6.07) is 0. The van der Waals surface area contributed by atoms with Gasteiger partial charge >= 0.3 is 0 Å². The number of rotatable bonds is 0. The topological polar surface area (TPSA) is 58.7 Å². The van der Waals surface area contributed by atoms with Gasteiger partial charge in [0.15, 0.2) is 0 Å². The van der Waals surface area contributed by atoms with Gasteiger partial charge in [0.1, 0.15) is 6.54 Å². The van der Waals surface area contributed by atoms with Crippen LogP contribution in [0.25, 0.3) is 0 Å². The van der Waals surface area contributed by atoms with Crippen molar-refractivity contribution in [3.63, 3.8) is 0 Å². The highest BCUT2D eigenvalue weighted by Gasteiger charge is 2.16. The molecule has 0 aliphatic carbocycles. The smallest absolute Gasteiger partial charge is 0.269 e. The Kier molecular flexibility index (Phi) is 1.13. The molecule has 0 unspecified atom stereocenters. The van der Waals surface area contributed by atoms with Crippen molar-refractivity contribution in [1.29, 1.82) is 0 Å². The maximum atomic E-state index is 10.3. The summed E-state index contributed by atoms with van der Waals surface area (Å²) in [6.45, 7) is 0.189. The Bertz CT molecular complexity index is 155. The molecular weight excluding hydrogens is 126 g/mol. The predicted molar refractivity (Wildman–Crippen MR) is 32.3 cm³/mol. The summed E-state index contributed by atoms with van der Waals surface area (Å²) in [5.41, 5.74) is 5.15. The number of hydrogen-bond acceptors (Lipinski definition) is 4. The fourth-order valence-electron chi connectivity index (χ4n) is 0.430. The monoisotopic (exact) mass is 131 g/mol. The summed E-state index contributed by atoms with van der Waals surface area (Å²) in [5.74, 6) is -0.0594. The maximum absolute atomic E-state index is 10.3. The van der Waals surface area contributed by atoms with E-state index in [2.05, 4.69) is 17.8 Å². The van der Waals surface area contributed by atoms with Crippen LogP contribution in [-0.2, 0) is 4.79 Å². The molecule has 0 aromatic carbocycles. The highest BCUT2D eigenvalue weighted by molar-refractivity contribution is 7.78. The first-order valence-electron chi connectivity index (χ1n) is 2.03. The quantitative estimate of drug-likeness (QED) is 0.414. The lowest BCUT2D eigenvalue weighted by Crippen LogP contribution is -2.25. The molecule has 0 aromatic rings. The minimum Gasteiger partial charge on any atom is -0.369 e. The molecule has 2 N–H and O–H groups in total. The zero-order valence-electron chi connectivity index (χ0n) is 4.03. The number of nitrogens with zero attached hydrogens (tertiary/aromatic N) is 2. The van der Waals surface area contributed by atoms with E-state index < -0.39 is 0 Å². The fraction of sp³-hybridized carbons (Fsp3) is 0.333. The summed E-state index contributed by atoms with van der Waals surface area (Å²) in [6.07, 6.45) is 0. The number of amides is 1. The minimum atomic E-state index is -0.238. The molecule has 0 radical (unpaired) electrons. The van der Waals surface area contributed by atoms with E-state index in [0.29, 0.717) is 0 Å². The van der Waals surface area contributed by atoms with E-state index in [1.807, 2.05) is 0 Å². The summed E-state index contributed by atoms with van der Waals surface area (Å²) in [4.78, 5) is 13.7. The van der Waals surface area contributed by atoms with E-state index in [1.165, 1.54) is 4.31 Å². The van der Waals surface area contributed by atoms with Gasteiger partial charge in [0, 0.05) is 0 Å². The fourth-order valence-corrected chi connectivity index (χ4v) is 0.596. The molecule has 1 heterocycles. The summed E-state index contributed by atoms with van der Waals surface area (Å²) in [5, 5.41) is 0. The third kappa shape index (κ3) is 0.764. The average molecular weight is 131 g/mol. The van der Waals surface area contributed by atoms with Gasteiger partial charge in [0.2, 0.25) is 5.96 Å². The van der Waals surface area contributed by atoms with Crippen molar-refractivity contribution in [2.75, 3.05) is 6.54 Å². The van der Waals surface area contributed by atoms with Crippen LogP contribution in [0.15, 0.2) is 4.99 Å². The predicted octanol–water partition coefficient (Wildman–Crippen LogP) is -1.01. The van der Waals surface area contributed by atoms with E-state index >= 15 is 0 Å². The Labute approximate surface area is 51.9 Å². The molecule has 0 atom stereocenters. The Balaban J connectivity index is 2.73. The first-order chi connectivity index (χ1) is 3.70. The first kappa shape index (κ1) is 5.43. The normalized spacial score (nSPS) is 19.4. The molecule has 44 valence electrons. The third-order valence-corrected chi connectivity index (χ3v) is 1.14. The minimum absolute atomic E-state index is 0.179. The molecule has 0 spiro atoms. The average Bonchev–Trinajstić information content (AvgIpc) is 1.85. The summed E-state index contributed by atoms with van der Waals surface area (Å²) < 4.78 is 1.29. The molecule has 0 bridgehead atoms. The van der Waals surface area contributed by atoms with Gasteiger partial charge in [-0.25, -0.2) is 0 Å². The van der Waals surface area contributed by atoms with Crippen molar-refractivity contribution in [3.05, 3.63) is 0 Å². The first-order valence-corrected chi connectivity index (χ1v) is 2.43. The molecule has 4 nitrogen and oxygen atoms in total. The zero-order valence-corrected chi connectivity index (χ0v) is 4.93. The third-order valence-electron chi connectivity index (χ3n) is 0.789. The molecule has 1 rings (SSSR count). The largest absolute Gasteiger partial charge is 0.369 e. The Morgan fingerprint density at radius 3 is 2.62 bits per heavy atom. The molecule has 0 saturated heterocycles. The van der Waals surface area contributed by atoms with Crippen molar-refractivity contribution in [1.82, 2.24) is 4.31 Å². The molecule has 1 aliphatic rings. The molecule has 5 heteroatoms. The van der Waals surface area contributed by atoms with E-state index in [9.17, 15) is 4.79 Å². The molecule has 0 fully saturated rings. The lowest BCUT2D eigenvalue weighted by Gasteiger charge is -2.03. The number of aliphatic imine (C=N–C) groups is 1. The van der Waals surface area contributed by atoms with Crippen molar-refractivity contribution < 1.29 is 4.79 Å². The molecule has 1 amide bonds. The van der Waals surface area contributed by atoms with Gasteiger partial charge in [-0.05, 0) is 0 Å². The van der Waals surface area contributed by atoms with E-state index in [4.69, 9.17) is 5.73 Å². The molecule has 0 saturated carbocycles. The van der Waals surface area contributed by atoms with Crippen LogP contribution < -0.4 is 5.73 Å². The van der Waals surface area contributed by atoms with Crippen LogP contribution >= 0.6 is 12.8 Å². The lowest BCUT2D eigenvalue weighted by molar-refractivity contribution is -0.116. The second kappa shape index (κ2) is 1.66. The van der Waals surface area contributed by atoms with Crippen molar-refractivity contribution in [3.8, 4) is 0 Å². The molecule has 1 aliphatic heterocycles. The second-order valence-corrected chi connectivity index (χ2v) is 1.90. The van der Waals surface area contributed by atoms with Gasteiger partial charge in [-0.3, -0.25) is 9.10 Å². The van der Waals surface area contributed by atoms with Crippen LogP contribution in [0.1, 0.15) is 0 Å². The van der Waals surface area contributed by atoms with Gasteiger partial charge in [-0.1, -0.05) is 12.8 Å². The maximum Gasteiger partial charge on any atom is 0.269 e. The van der Waals surface area contributed by atoms with Crippen LogP contribution in [0.5, 0.6) is 0 Å². The van der Waals surface area contributed by atoms with E-state index in [1.54, 1.807) is 0 Å². The number of guanidine groups is 1. The van der Waals surface area contributed by atoms with Crippen molar-refractivity contribution >= 4 is 24.7 Å². The van der Waals surface area contributed by atoms with Crippen molar-refractivity contribution in [2.24, 2.45) is 10.7 Å². The van der Waals surface area contributed by atoms with Crippen LogP contribution in [0, 0.1) is 0 Å². The number of carbonyl (C=O) groups excluding carboxylic acids is 1. The Morgan fingerprint density at radius 1 is 1.88 bits per heavy atom. The number of thiol groups is 1. The van der Waals surface area contributed by atoms with Gasteiger partial charge < -0.3 is 5.73 Å². The Hall–Kier alpha value is -0.710. The number of hydrogen-bond donors (Lipinski definition) is 2. The number of nitrogens with two attached hydrogens (primary N) is 1. The van der Waals surface area contributed by atoms with Gasteiger partial charge in [-0.15, -0.1) is 0 Å². The Morgan fingerprint density at radius 2 is 2.50 bits per heavy atom. The highest BCUT2D eigenvalue weighted by atomic mass is 32.1. The van der Waals surface area contributed by atoms with E-state index in [0.717, 1.165) is 0 Å². The van der Waals surface area contributed by atoms with Gasteiger partial charge in [0.25, 0.3) is 5.91 Å². The van der Waals surface area contributed by atoms with Crippen molar-refractivity contribution in [2.45, 2.75) is 0 Å². The van der Waals surface area contributed by atoms with Crippen LogP contribution in [-0.4, -0.2) is 22.7 Å². The van der Waals surface area contributed by atoms with Crippen LogP contribution in [0.3, 0.4) is 0 Å². The molecular formula is C3H5N3OS. The van der Waals surface area contributed by atoms with Gasteiger partial charge in [-0.2, -0.15) is 4.99 Å². The molecule has 8 heavy (non-hydrogen) atoms. The second-order valence-electron chi connectivity index (χ2n) is 1.42. The summed E-state index contributed by atoms with van der Waals surface area (Å²) in [7, 11) is 0. The van der Waals surface area contributed by atoms with Gasteiger partial charge in [0.05, 0.1) is 0 Å². The highest BCUT2D eigenvalue weighted by Crippen LogP contribution is 2.00. The molecule has 0 aromatic heterocycles. The summed E-state index contributed by atoms with van der Waals surface area (Å²) >= 11 is 3.80. The lowest BCUT2D eigenvalue weighted by atomic mass is 10.7. The van der Waals surface area contributed by atoms with E-state index in [-0.39, 0.29) is 18.4 Å². The zero-order chi connectivity index (χ0) is 6.15. The van der Waals surface area contributed by atoms with Crippen LogP contribution in [0.4, 0.5) is 0 Å².